The molecule has 4 heterocycles. The van der Waals surface area contributed by atoms with Gasteiger partial charge >= 0.3 is 0 Å². The van der Waals surface area contributed by atoms with Gasteiger partial charge in [0, 0.05) is 18.9 Å². The highest BCUT2D eigenvalue weighted by Crippen LogP contribution is 2.38. The molecule has 0 unspecified atom stereocenters. The summed E-state index contributed by atoms with van der Waals surface area (Å²) in [5, 5.41) is 0. The molecule has 32 heavy (non-hydrogen) atoms. The first-order chi connectivity index (χ1) is 15.7. The molecule has 0 radical (unpaired) electrons. The third-order valence-electron chi connectivity index (χ3n) is 7.32. The Hall–Kier alpha value is -2.25. The fraction of sp³-hybridized carbons (Fsp3) is 0.640. The number of ether oxygens (including phenoxy) is 3. The van der Waals surface area contributed by atoms with Crippen molar-refractivity contribution >= 4 is 17.5 Å². The van der Waals surface area contributed by atoms with Crippen LogP contribution in [0, 0.1) is 5.92 Å². The predicted molar refractivity (Wildman–Crippen MR) is 119 cm³/mol. The highest BCUT2D eigenvalue weighted by Gasteiger charge is 2.35. The van der Waals surface area contributed by atoms with Crippen LogP contribution in [0.25, 0.3) is 0 Å². The fourth-order valence-corrected chi connectivity index (χ4v) is 5.45. The maximum absolute atomic E-state index is 13.2. The lowest BCUT2D eigenvalue weighted by Gasteiger charge is -2.37. The van der Waals surface area contributed by atoms with Crippen molar-refractivity contribution in [2.24, 2.45) is 10.9 Å². The van der Waals surface area contributed by atoms with Gasteiger partial charge in [-0.15, -0.1) is 0 Å². The number of hydrogen-bond donors (Lipinski definition) is 0. The van der Waals surface area contributed by atoms with E-state index in [9.17, 15) is 9.59 Å². The molecule has 6 rings (SSSR count). The standard InChI is InChI=1S/C25H32N2O5/c28-24-16-32-23-6-2-1-4-20(23)17-7-9-19(10-8-17)31-15-22-21(5-3-12-27(22)24)26-25(29)18-11-13-30-14-18/h1-2,4,6,17-19,22H,3,5,7-16H2/t17?,18-,19?,22+/m1/s1. The molecule has 7 heteroatoms. The van der Waals surface area contributed by atoms with Gasteiger partial charge in [-0.25, -0.2) is 4.99 Å². The van der Waals surface area contributed by atoms with E-state index in [1.807, 2.05) is 23.1 Å². The molecule has 0 aromatic heterocycles. The van der Waals surface area contributed by atoms with Gasteiger partial charge in [-0.3, -0.25) is 9.59 Å². The van der Waals surface area contributed by atoms with Gasteiger partial charge in [0.15, 0.2) is 6.61 Å². The number of nitrogens with zero attached hydrogens (tertiary/aromatic N) is 2. The van der Waals surface area contributed by atoms with Crippen molar-refractivity contribution < 1.29 is 23.8 Å². The molecule has 2 atom stereocenters. The van der Waals surface area contributed by atoms with Gasteiger partial charge in [-0.1, -0.05) is 18.2 Å². The number of fused-ring (bicyclic) bond motifs is 5. The second-order valence-electron chi connectivity index (χ2n) is 9.34. The van der Waals surface area contributed by atoms with Crippen LogP contribution in [0.2, 0.25) is 0 Å². The molecule has 5 aliphatic rings. The average Bonchev–Trinajstić information content (AvgIpc) is 3.37. The molecule has 1 aliphatic carbocycles. The van der Waals surface area contributed by atoms with Gasteiger partial charge in [0.2, 0.25) is 0 Å². The minimum atomic E-state index is -0.306. The Labute approximate surface area is 189 Å². The number of piperidine rings is 1. The predicted octanol–water partition coefficient (Wildman–Crippen LogP) is 3.12. The number of aliphatic imine (C=N–C) groups is 1. The van der Waals surface area contributed by atoms with Crippen LogP contribution in [-0.4, -0.2) is 67.5 Å². The maximum atomic E-state index is 13.2. The van der Waals surface area contributed by atoms with Crippen molar-refractivity contribution in [3.05, 3.63) is 29.8 Å². The molecule has 1 aromatic carbocycles. The monoisotopic (exact) mass is 440 g/mol. The first-order valence-electron chi connectivity index (χ1n) is 12.0. The summed E-state index contributed by atoms with van der Waals surface area (Å²) in [5.41, 5.74) is 1.96. The third kappa shape index (κ3) is 4.59. The number of carbonyl (C=O) groups excluding carboxylic acids is 2. The van der Waals surface area contributed by atoms with Crippen molar-refractivity contribution in [1.82, 2.24) is 4.90 Å². The number of benzene rings is 1. The minimum Gasteiger partial charge on any atom is -0.483 e. The zero-order valence-electron chi connectivity index (χ0n) is 18.5. The SMILES string of the molecule is O=C(N=C1CCCN2C(=O)COc3ccccc3C3CCC(CC3)OC[C@@H]12)[C@@H]1CCOC1. The summed E-state index contributed by atoms with van der Waals surface area (Å²) < 4.78 is 17.7. The largest absolute Gasteiger partial charge is 0.483 e. The Morgan fingerprint density at radius 3 is 2.72 bits per heavy atom. The Bertz CT molecular complexity index is 871. The van der Waals surface area contributed by atoms with E-state index in [0.717, 1.165) is 50.0 Å². The van der Waals surface area contributed by atoms with Gasteiger partial charge in [0.1, 0.15) is 5.75 Å². The number of carbonyl (C=O) groups is 2. The third-order valence-corrected chi connectivity index (χ3v) is 7.32. The molecule has 0 N–H and O–H groups in total. The molecule has 4 aliphatic heterocycles. The van der Waals surface area contributed by atoms with E-state index in [1.165, 1.54) is 5.56 Å². The van der Waals surface area contributed by atoms with E-state index in [4.69, 9.17) is 14.2 Å². The summed E-state index contributed by atoms with van der Waals surface area (Å²) in [6.45, 7) is 2.06. The quantitative estimate of drug-likeness (QED) is 0.671. The van der Waals surface area contributed by atoms with Crippen molar-refractivity contribution in [1.29, 1.82) is 0 Å². The summed E-state index contributed by atoms with van der Waals surface area (Å²) >= 11 is 0. The second-order valence-corrected chi connectivity index (χ2v) is 9.34. The van der Waals surface area contributed by atoms with Crippen molar-refractivity contribution in [2.45, 2.75) is 63.0 Å². The number of para-hydroxylation sites is 1. The number of hydrogen-bond acceptors (Lipinski definition) is 5. The Balaban J connectivity index is 1.41. The highest BCUT2D eigenvalue weighted by molar-refractivity contribution is 6.01. The van der Waals surface area contributed by atoms with Gasteiger partial charge in [0.05, 0.1) is 31.3 Å². The lowest BCUT2D eigenvalue weighted by Crippen LogP contribution is -2.53. The van der Waals surface area contributed by atoms with Crippen LogP contribution in [0.4, 0.5) is 0 Å². The van der Waals surface area contributed by atoms with Crippen LogP contribution in [0.1, 0.15) is 56.4 Å². The first-order valence-corrected chi connectivity index (χ1v) is 12.0. The summed E-state index contributed by atoms with van der Waals surface area (Å²) in [6, 6.07) is 7.79. The van der Waals surface area contributed by atoms with Gasteiger partial charge in [-0.05, 0) is 62.5 Å². The summed E-state index contributed by atoms with van der Waals surface area (Å²) in [4.78, 5) is 32.2. The lowest BCUT2D eigenvalue weighted by molar-refractivity contribution is -0.136. The normalized spacial score (nSPS) is 32.3. The fourth-order valence-electron chi connectivity index (χ4n) is 5.45. The molecule has 0 spiro atoms. The van der Waals surface area contributed by atoms with Crippen LogP contribution >= 0.6 is 0 Å². The molecule has 2 saturated heterocycles. The molecule has 1 aromatic rings. The van der Waals surface area contributed by atoms with Crippen LogP contribution in [0.5, 0.6) is 5.75 Å². The van der Waals surface area contributed by atoms with E-state index in [-0.39, 0.29) is 36.5 Å². The van der Waals surface area contributed by atoms with Gasteiger partial charge in [-0.2, -0.15) is 0 Å². The number of amides is 2. The van der Waals surface area contributed by atoms with Crippen LogP contribution < -0.4 is 4.74 Å². The smallest absolute Gasteiger partial charge is 0.261 e. The van der Waals surface area contributed by atoms with Crippen LogP contribution in [-0.2, 0) is 19.1 Å². The summed E-state index contributed by atoms with van der Waals surface area (Å²) in [7, 11) is 0. The lowest BCUT2D eigenvalue weighted by atomic mass is 9.82. The average molecular weight is 441 g/mol. The first kappa shape index (κ1) is 21.6. The topological polar surface area (TPSA) is 77.4 Å². The van der Waals surface area contributed by atoms with E-state index in [0.29, 0.717) is 38.7 Å². The van der Waals surface area contributed by atoms with E-state index in [1.54, 1.807) is 0 Å². The van der Waals surface area contributed by atoms with Crippen molar-refractivity contribution in [3.8, 4) is 5.75 Å². The molecule has 2 bridgehead atoms. The molecule has 3 fully saturated rings. The minimum absolute atomic E-state index is 0.0125. The molecule has 172 valence electrons. The Morgan fingerprint density at radius 2 is 1.91 bits per heavy atom. The van der Waals surface area contributed by atoms with Crippen LogP contribution in [0.3, 0.4) is 0 Å². The summed E-state index contributed by atoms with van der Waals surface area (Å²) in [6.07, 6.45) is 6.48. The molecular formula is C25H32N2O5. The van der Waals surface area contributed by atoms with Gasteiger partial charge in [0.25, 0.3) is 11.8 Å². The second kappa shape index (κ2) is 9.71. The Kier molecular flexibility index (Phi) is 6.55. The maximum Gasteiger partial charge on any atom is 0.261 e. The highest BCUT2D eigenvalue weighted by atomic mass is 16.5. The molecule has 7 nitrogen and oxygen atoms in total. The zero-order valence-corrected chi connectivity index (χ0v) is 18.5. The van der Waals surface area contributed by atoms with E-state index in [2.05, 4.69) is 11.1 Å². The van der Waals surface area contributed by atoms with Gasteiger partial charge < -0.3 is 19.1 Å². The van der Waals surface area contributed by atoms with E-state index < -0.39 is 0 Å². The van der Waals surface area contributed by atoms with Crippen LogP contribution in [0.15, 0.2) is 29.3 Å². The number of rotatable bonds is 1. The molecule has 1 saturated carbocycles. The summed E-state index contributed by atoms with van der Waals surface area (Å²) in [5.74, 6) is 0.875. The Morgan fingerprint density at radius 1 is 1.06 bits per heavy atom. The molecule has 2 amide bonds. The van der Waals surface area contributed by atoms with Crippen molar-refractivity contribution in [3.63, 3.8) is 0 Å². The molecular weight excluding hydrogens is 408 g/mol. The zero-order chi connectivity index (χ0) is 21.9. The van der Waals surface area contributed by atoms with E-state index >= 15 is 0 Å². The van der Waals surface area contributed by atoms with Crippen molar-refractivity contribution in [2.75, 3.05) is 33.0 Å².